The van der Waals surface area contributed by atoms with Crippen LogP contribution in [0.3, 0.4) is 0 Å². The lowest BCUT2D eigenvalue weighted by Gasteiger charge is -2.43. The van der Waals surface area contributed by atoms with E-state index in [0.29, 0.717) is 35.6 Å². The predicted octanol–water partition coefficient (Wildman–Crippen LogP) is 2.15. The van der Waals surface area contributed by atoms with Crippen LogP contribution in [0, 0.1) is 34.6 Å². The highest BCUT2D eigenvalue weighted by molar-refractivity contribution is 6.87. The van der Waals surface area contributed by atoms with Gasteiger partial charge in [0.25, 0.3) is 0 Å². The van der Waals surface area contributed by atoms with Crippen molar-refractivity contribution in [1.29, 1.82) is 0 Å². The Morgan fingerprint density at radius 3 is 1.47 bits per heavy atom. The molecule has 0 aromatic carbocycles. The van der Waals surface area contributed by atoms with Crippen molar-refractivity contribution in [2.75, 3.05) is 60.5 Å². The minimum absolute atomic E-state index is 0.122. The molecule has 58 heavy (non-hydrogen) atoms. The SMILES string of the molecule is CO[Si](CO)(CCCNC(=O)n1nccc1C)O[Si](CO)(CCCNC(=O)n1nc(C)cc1C)O[Si](C)(OC)O[Si](CCCNC(=O)n1nc(C)cc1C)(OC)OC. The second-order valence-corrected chi connectivity index (χ2v) is 26.8. The zero-order valence-corrected chi connectivity index (χ0v) is 39.2. The molecule has 5 N–H and O–H groups in total. The molecule has 0 aliphatic rings. The van der Waals surface area contributed by atoms with Crippen molar-refractivity contribution < 1.29 is 54.6 Å². The quantitative estimate of drug-likeness (QED) is 0.0639. The molecule has 3 amide bonds. The fourth-order valence-electron chi connectivity index (χ4n) is 6.20. The smallest absolute Gasteiger partial charge is 0.412 e. The van der Waals surface area contributed by atoms with E-state index >= 15 is 0 Å². The number of rotatable bonds is 24. The Labute approximate surface area is 343 Å². The molecule has 0 saturated carbocycles. The summed E-state index contributed by atoms with van der Waals surface area (Å²) in [6, 6.07) is 4.70. The number of hydrogen-bond acceptors (Lipinski definition) is 15. The molecular formula is C33H61N9O12Si4. The minimum atomic E-state index is -3.90. The lowest BCUT2D eigenvalue weighted by Crippen LogP contribution is -2.66. The van der Waals surface area contributed by atoms with Crippen LogP contribution in [-0.4, -0.2) is 153 Å². The van der Waals surface area contributed by atoms with Crippen LogP contribution in [0.4, 0.5) is 14.4 Å². The maximum atomic E-state index is 12.9. The van der Waals surface area contributed by atoms with Gasteiger partial charge in [-0.15, -0.1) is 0 Å². The van der Waals surface area contributed by atoms with E-state index in [2.05, 4.69) is 31.2 Å². The summed E-state index contributed by atoms with van der Waals surface area (Å²) in [6.07, 6.45) is 1.49. The van der Waals surface area contributed by atoms with Crippen molar-refractivity contribution in [3.05, 3.63) is 52.9 Å². The first-order chi connectivity index (χ1) is 27.5. The molecule has 3 atom stereocenters. The Morgan fingerprint density at radius 1 is 0.621 bits per heavy atom. The van der Waals surface area contributed by atoms with E-state index in [0.717, 1.165) is 5.69 Å². The van der Waals surface area contributed by atoms with Gasteiger partial charge in [-0.25, -0.2) is 14.4 Å². The van der Waals surface area contributed by atoms with Gasteiger partial charge in [-0.05, 0) is 84.2 Å². The van der Waals surface area contributed by atoms with Crippen LogP contribution >= 0.6 is 0 Å². The summed E-state index contributed by atoms with van der Waals surface area (Å²) in [6.45, 7) is 11.2. The molecule has 0 aliphatic carbocycles. The molecule has 3 aromatic rings. The molecule has 25 heteroatoms. The standard InChI is InChI=1S/C33H61N9O12Si4/c1-26-22-29(4)41(38-26)32(46)35-16-12-20-57(25-44,54-56(24-43,49-7)19-11-15-34-31(45)40-28(3)14-18-37-40)52-55(10,48-6)53-58(50-8,51-9)21-13-17-36-33(47)42-30(5)23-27(2)39-42/h14,18,22-23,43-44H,11-13,15-17,19-21,24-25H2,1-10H3,(H,34,45)(H,35,46)(H,36,47). The van der Waals surface area contributed by atoms with E-state index in [1.165, 1.54) is 48.7 Å². The van der Waals surface area contributed by atoms with E-state index in [4.69, 9.17) is 30.0 Å². The van der Waals surface area contributed by atoms with Crippen molar-refractivity contribution >= 4 is 52.8 Å². The van der Waals surface area contributed by atoms with Gasteiger partial charge in [0.2, 0.25) is 0 Å². The third-order valence-electron chi connectivity index (χ3n) is 9.32. The lowest BCUT2D eigenvalue weighted by atomic mass is 10.4. The van der Waals surface area contributed by atoms with Crippen LogP contribution in [0.25, 0.3) is 0 Å². The summed E-state index contributed by atoms with van der Waals surface area (Å²) in [7, 11) is -9.15. The summed E-state index contributed by atoms with van der Waals surface area (Å²) in [5.41, 5.74) is 3.46. The molecule has 326 valence electrons. The second kappa shape index (κ2) is 22.2. The molecule has 0 spiro atoms. The fraction of sp³-hybridized carbons (Fsp3) is 0.636. The van der Waals surface area contributed by atoms with E-state index in [9.17, 15) is 24.6 Å². The number of aromatic nitrogens is 6. The first-order valence-corrected chi connectivity index (χ1v) is 27.5. The molecular weight excluding hydrogens is 827 g/mol. The summed E-state index contributed by atoms with van der Waals surface area (Å²) in [4.78, 5) is 38.3. The summed E-state index contributed by atoms with van der Waals surface area (Å²) < 4.78 is 47.6. The number of nitrogens with zero attached hydrogens (tertiary/aromatic N) is 6. The summed E-state index contributed by atoms with van der Waals surface area (Å²) in [5.74, 6) is 0. The Balaban J connectivity index is 1.81. The van der Waals surface area contributed by atoms with Crippen molar-refractivity contribution in [1.82, 2.24) is 45.3 Å². The van der Waals surface area contributed by atoms with Crippen LogP contribution in [0.2, 0.25) is 24.7 Å². The van der Waals surface area contributed by atoms with Crippen molar-refractivity contribution in [3.8, 4) is 0 Å². The van der Waals surface area contributed by atoms with Gasteiger partial charge in [0, 0.05) is 83.9 Å². The number of hydrogen-bond donors (Lipinski definition) is 5. The number of aliphatic hydroxyl groups is 2. The van der Waals surface area contributed by atoms with Crippen LogP contribution in [0.1, 0.15) is 47.7 Å². The maximum Gasteiger partial charge on any atom is 0.493 e. The number of nitrogens with one attached hydrogen (secondary N) is 3. The van der Waals surface area contributed by atoms with E-state index < -0.39 is 59.3 Å². The zero-order chi connectivity index (χ0) is 43.1. The van der Waals surface area contributed by atoms with Crippen molar-refractivity contribution in [2.24, 2.45) is 0 Å². The molecule has 3 unspecified atom stereocenters. The molecule has 3 aromatic heterocycles. The van der Waals surface area contributed by atoms with Gasteiger partial charge in [0.1, 0.15) is 0 Å². The summed E-state index contributed by atoms with van der Waals surface area (Å²) in [5, 5.41) is 43.0. The maximum absolute atomic E-state index is 12.9. The molecule has 0 aliphatic heterocycles. The molecule has 0 saturated heterocycles. The number of carbonyl (C=O) groups is 3. The van der Waals surface area contributed by atoms with Gasteiger partial charge < -0.3 is 56.2 Å². The number of aliphatic hydroxyl groups excluding tert-OH is 2. The van der Waals surface area contributed by atoms with E-state index in [1.54, 1.807) is 59.4 Å². The lowest BCUT2D eigenvalue weighted by molar-refractivity contribution is 0.0942. The normalized spacial score (nSPS) is 15.0. The average molecular weight is 888 g/mol. The Kier molecular flexibility index (Phi) is 18.8. The largest absolute Gasteiger partial charge is 0.493 e. The van der Waals surface area contributed by atoms with Crippen molar-refractivity contribution in [2.45, 2.75) is 78.6 Å². The topological polar surface area (TPSA) is 246 Å². The monoisotopic (exact) mass is 887 g/mol. The Hall–Kier alpha value is -3.45. The molecule has 0 fully saturated rings. The van der Waals surface area contributed by atoms with Gasteiger partial charge in [0.15, 0.2) is 0 Å². The van der Waals surface area contributed by atoms with E-state index in [1.807, 2.05) is 0 Å². The third-order valence-corrected chi connectivity index (χ3v) is 24.9. The van der Waals surface area contributed by atoms with Gasteiger partial charge in [0.05, 0.1) is 23.8 Å². The molecule has 21 nitrogen and oxygen atoms in total. The third kappa shape index (κ3) is 13.3. The molecule has 3 heterocycles. The molecule has 3 rings (SSSR count). The van der Waals surface area contributed by atoms with Crippen LogP contribution in [0.15, 0.2) is 24.4 Å². The minimum Gasteiger partial charge on any atom is -0.412 e. The van der Waals surface area contributed by atoms with Crippen LogP contribution in [0.5, 0.6) is 0 Å². The summed E-state index contributed by atoms with van der Waals surface area (Å²) >= 11 is 0. The Bertz CT molecular complexity index is 1790. The Morgan fingerprint density at radius 2 is 1.09 bits per heavy atom. The fourth-order valence-corrected chi connectivity index (χ4v) is 22.3. The zero-order valence-electron chi connectivity index (χ0n) is 35.2. The highest BCUT2D eigenvalue weighted by Gasteiger charge is 2.57. The van der Waals surface area contributed by atoms with Crippen molar-refractivity contribution in [3.63, 3.8) is 0 Å². The first-order valence-electron chi connectivity index (χ1n) is 18.9. The van der Waals surface area contributed by atoms with E-state index in [-0.39, 0.29) is 50.2 Å². The molecule has 0 radical (unpaired) electrons. The van der Waals surface area contributed by atoms with Crippen LogP contribution < -0.4 is 16.0 Å². The highest BCUT2D eigenvalue weighted by atomic mass is 28.5. The van der Waals surface area contributed by atoms with Gasteiger partial charge in [-0.2, -0.15) is 29.3 Å². The van der Waals surface area contributed by atoms with Gasteiger partial charge in [-0.3, -0.25) is 0 Å². The molecule has 0 bridgehead atoms. The second-order valence-electron chi connectivity index (χ2n) is 13.9. The van der Waals surface area contributed by atoms with Gasteiger partial charge >= 0.3 is 52.8 Å². The average Bonchev–Trinajstić information content (AvgIpc) is 3.90. The first kappa shape index (κ1) is 48.9. The number of amides is 3. The van der Waals surface area contributed by atoms with Crippen LogP contribution in [-0.2, 0) is 30.0 Å². The number of aryl methyl sites for hydroxylation is 5. The van der Waals surface area contributed by atoms with Gasteiger partial charge in [-0.1, -0.05) is 0 Å². The predicted molar refractivity (Wildman–Crippen MR) is 219 cm³/mol. The highest BCUT2D eigenvalue weighted by Crippen LogP contribution is 2.31. The number of carbonyl (C=O) groups excluding carboxylic acids is 3.